The second-order valence-corrected chi connectivity index (χ2v) is 4.80. The fourth-order valence-corrected chi connectivity index (χ4v) is 2.29. The van der Waals surface area contributed by atoms with E-state index < -0.39 is 0 Å². The zero-order valence-corrected chi connectivity index (χ0v) is 12.3. The number of amides is 1. The van der Waals surface area contributed by atoms with Crippen molar-refractivity contribution in [1.29, 1.82) is 0 Å². The van der Waals surface area contributed by atoms with E-state index in [4.69, 9.17) is 11.6 Å². The molecule has 100 valence electrons. The van der Waals surface area contributed by atoms with Crippen LogP contribution in [-0.4, -0.2) is 28.9 Å². The molecular weight excluding hydrogens is 248 g/mol. The third-order valence-corrected chi connectivity index (χ3v) is 3.46. The van der Waals surface area contributed by atoms with E-state index in [0.717, 1.165) is 25.0 Å². The summed E-state index contributed by atoms with van der Waals surface area (Å²) in [5, 5.41) is 0.385. The highest BCUT2D eigenvalue weighted by atomic mass is 35.5. The van der Waals surface area contributed by atoms with Crippen molar-refractivity contribution >= 4 is 17.5 Å². The first kappa shape index (κ1) is 15.0. The molecule has 1 amide bonds. The Labute approximate surface area is 114 Å². The quantitative estimate of drug-likeness (QED) is 0.765. The van der Waals surface area contributed by atoms with Gasteiger partial charge in [-0.2, -0.15) is 0 Å². The van der Waals surface area contributed by atoms with E-state index in [-0.39, 0.29) is 11.9 Å². The number of hydrogen-bond donors (Lipinski definition) is 0. The molecule has 0 fully saturated rings. The molecule has 1 heterocycles. The smallest absolute Gasteiger partial charge is 0.254 e. The number of carbonyl (C=O) groups excluding carboxylic acids is 1. The standard InChI is InChI=1S/C14H21ClN2O/c1-5-11-8-10(9-13(15)16-11)14(18)17(4)12(6-2)7-3/h8-9,12H,5-7H2,1-4H3. The maximum atomic E-state index is 12.4. The van der Waals surface area contributed by atoms with Gasteiger partial charge < -0.3 is 4.90 Å². The number of aromatic nitrogens is 1. The zero-order chi connectivity index (χ0) is 13.7. The fourth-order valence-electron chi connectivity index (χ4n) is 2.06. The summed E-state index contributed by atoms with van der Waals surface area (Å²) >= 11 is 5.94. The number of hydrogen-bond acceptors (Lipinski definition) is 2. The molecule has 3 nitrogen and oxygen atoms in total. The van der Waals surface area contributed by atoms with Crippen molar-refractivity contribution in [3.05, 3.63) is 28.5 Å². The molecule has 1 rings (SSSR count). The summed E-state index contributed by atoms with van der Waals surface area (Å²) in [6.07, 6.45) is 2.69. The molecule has 0 radical (unpaired) electrons. The van der Waals surface area contributed by atoms with Crippen LogP contribution in [0.3, 0.4) is 0 Å². The summed E-state index contributed by atoms with van der Waals surface area (Å²) in [5.41, 5.74) is 1.48. The van der Waals surface area contributed by atoms with Crippen LogP contribution in [0.15, 0.2) is 12.1 Å². The van der Waals surface area contributed by atoms with Gasteiger partial charge in [-0.25, -0.2) is 4.98 Å². The van der Waals surface area contributed by atoms with Gasteiger partial charge in [-0.15, -0.1) is 0 Å². The highest BCUT2D eigenvalue weighted by molar-refractivity contribution is 6.29. The van der Waals surface area contributed by atoms with Gasteiger partial charge in [-0.3, -0.25) is 4.79 Å². The van der Waals surface area contributed by atoms with Gasteiger partial charge in [0.05, 0.1) is 0 Å². The summed E-state index contributed by atoms with van der Waals surface area (Å²) in [7, 11) is 1.85. The van der Waals surface area contributed by atoms with Gasteiger partial charge in [0.25, 0.3) is 5.91 Å². The molecule has 0 aliphatic heterocycles. The minimum absolute atomic E-state index is 0.0164. The van der Waals surface area contributed by atoms with Gasteiger partial charge in [0.2, 0.25) is 0 Å². The van der Waals surface area contributed by atoms with E-state index in [2.05, 4.69) is 18.8 Å². The predicted octanol–water partition coefficient (Wildman–Crippen LogP) is 3.56. The minimum atomic E-state index is 0.0164. The van der Waals surface area contributed by atoms with Crippen LogP contribution in [0.5, 0.6) is 0 Å². The molecular formula is C14H21ClN2O. The van der Waals surface area contributed by atoms with Crippen molar-refractivity contribution in [2.24, 2.45) is 0 Å². The minimum Gasteiger partial charge on any atom is -0.339 e. The van der Waals surface area contributed by atoms with Crippen LogP contribution >= 0.6 is 11.6 Å². The Hall–Kier alpha value is -1.09. The lowest BCUT2D eigenvalue weighted by atomic mass is 10.1. The van der Waals surface area contributed by atoms with Crippen LogP contribution in [0.2, 0.25) is 5.15 Å². The van der Waals surface area contributed by atoms with E-state index in [9.17, 15) is 4.79 Å². The number of nitrogens with zero attached hydrogens (tertiary/aromatic N) is 2. The van der Waals surface area contributed by atoms with Crippen LogP contribution in [0.4, 0.5) is 0 Å². The molecule has 0 saturated carbocycles. The molecule has 0 bridgehead atoms. The van der Waals surface area contributed by atoms with Crippen LogP contribution in [0.25, 0.3) is 0 Å². The molecule has 1 aromatic rings. The van der Waals surface area contributed by atoms with Gasteiger partial charge in [-0.05, 0) is 31.4 Å². The lowest BCUT2D eigenvalue weighted by Crippen LogP contribution is -2.36. The number of pyridine rings is 1. The molecule has 0 aliphatic rings. The summed E-state index contributed by atoms with van der Waals surface area (Å²) in [5.74, 6) is 0.0164. The van der Waals surface area contributed by atoms with Crippen LogP contribution < -0.4 is 0 Å². The molecule has 0 aromatic carbocycles. The van der Waals surface area contributed by atoms with Crippen LogP contribution in [0.1, 0.15) is 49.7 Å². The molecule has 1 aromatic heterocycles. The highest BCUT2D eigenvalue weighted by Crippen LogP contribution is 2.16. The van der Waals surface area contributed by atoms with Crippen molar-refractivity contribution in [3.8, 4) is 0 Å². The largest absolute Gasteiger partial charge is 0.339 e. The van der Waals surface area contributed by atoms with Crippen molar-refractivity contribution in [2.75, 3.05) is 7.05 Å². The molecule has 18 heavy (non-hydrogen) atoms. The molecule has 4 heteroatoms. The van der Waals surface area contributed by atoms with Crippen molar-refractivity contribution in [3.63, 3.8) is 0 Å². The Balaban J connectivity index is 2.99. The van der Waals surface area contributed by atoms with Crippen molar-refractivity contribution < 1.29 is 4.79 Å². The summed E-state index contributed by atoms with van der Waals surface area (Å²) < 4.78 is 0. The monoisotopic (exact) mass is 268 g/mol. The van der Waals surface area contributed by atoms with Crippen LogP contribution in [-0.2, 0) is 6.42 Å². The normalized spacial score (nSPS) is 10.8. The van der Waals surface area contributed by atoms with Crippen molar-refractivity contribution in [2.45, 2.75) is 46.1 Å². The summed E-state index contributed by atoms with van der Waals surface area (Å²) in [6, 6.07) is 3.74. The number of aryl methyl sites for hydroxylation is 1. The number of rotatable bonds is 5. The maximum Gasteiger partial charge on any atom is 0.254 e. The lowest BCUT2D eigenvalue weighted by Gasteiger charge is -2.26. The molecule has 0 atom stereocenters. The second-order valence-electron chi connectivity index (χ2n) is 4.41. The SMILES string of the molecule is CCc1cc(C(=O)N(C)C(CC)CC)cc(Cl)n1. The molecule has 0 aliphatic carbocycles. The Kier molecular flexibility index (Phi) is 5.60. The summed E-state index contributed by atoms with van der Waals surface area (Å²) in [4.78, 5) is 18.3. The van der Waals surface area contributed by atoms with Crippen molar-refractivity contribution in [1.82, 2.24) is 9.88 Å². The van der Waals surface area contributed by atoms with E-state index >= 15 is 0 Å². The molecule has 0 N–H and O–H groups in total. The topological polar surface area (TPSA) is 33.2 Å². The van der Waals surface area contributed by atoms with Gasteiger partial charge >= 0.3 is 0 Å². The van der Waals surface area contributed by atoms with Gasteiger partial charge in [0.1, 0.15) is 5.15 Å². The molecule has 0 saturated heterocycles. The second kappa shape index (κ2) is 6.74. The number of carbonyl (C=O) groups is 1. The first-order valence-electron chi connectivity index (χ1n) is 6.47. The average Bonchev–Trinajstić information content (AvgIpc) is 2.38. The molecule has 0 unspecified atom stereocenters. The van der Waals surface area contributed by atoms with Gasteiger partial charge in [0, 0.05) is 24.3 Å². The first-order chi connectivity index (χ1) is 8.53. The Morgan fingerprint density at radius 1 is 1.33 bits per heavy atom. The Bertz CT molecular complexity index is 416. The summed E-state index contributed by atoms with van der Waals surface area (Å²) in [6.45, 7) is 6.18. The van der Waals surface area contributed by atoms with Crippen LogP contribution in [0, 0.1) is 0 Å². The highest BCUT2D eigenvalue weighted by Gasteiger charge is 2.19. The third-order valence-electron chi connectivity index (χ3n) is 3.27. The Morgan fingerprint density at radius 3 is 2.44 bits per heavy atom. The zero-order valence-electron chi connectivity index (χ0n) is 11.5. The lowest BCUT2D eigenvalue weighted by molar-refractivity contribution is 0.0723. The fraction of sp³-hybridized carbons (Fsp3) is 0.571. The van der Waals surface area contributed by atoms with Gasteiger partial charge in [0.15, 0.2) is 0 Å². The van der Waals surface area contributed by atoms with E-state index in [0.29, 0.717) is 10.7 Å². The molecule has 0 spiro atoms. The average molecular weight is 269 g/mol. The van der Waals surface area contributed by atoms with E-state index in [1.165, 1.54) is 0 Å². The third kappa shape index (κ3) is 3.45. The predicted molar refractivity (Wildman–Crippen MR) is 75.1 cm³/mol. The van der Waals surface area contributed by atoms with E-state index in [1.807, 2.05) is 20.0 Å². The maximum absolute atomic E-state index is 12.4. The van der Waals surface area contributed by atoms with Gasteiger partial charge in [-0.1, -0.05) is 32.4 Å². The first-order valence-corrected chi connectivity index (χ1v) is 6.84. The number of halogens is 1. The van der Waals surface area contributed by atoms with E-state index in [1.54, 1.807) is 11.0 Å². The Morgan fingerprint density at radius 2 is 1.94 bits per heavy atom.